The first kappa shape index (κ1) is 18.9. The van der Waals surface area contributed by atoms with Gasteiger partial charge in [0, 0.05) is 27.2 Å². The van der Waals surface area contributed by atoms with Crippen LogP contribution in [0.4, 0.5) is 11.4 Å². The van der Waals surface area contributed by atoms with Crippen LogP contribution < -0.4 is 5.32 Å². The zero-order valence-corrected chi connectivity index (χ0v) is 15.6. The highest BCUT2D eigenvalue weighted by molar-refractivity contribution is 9.11. The topological polar surface area (TPSA) is 112 Å². The van der Waals surface area contributed by atoms with Crippen molar-refractivity contribution in [1.29, 1.82) is 0 Å². The fraction of sp³-hybridized carbons (Fsp3) is 0.0667. The molecule has 0 aliphatic carbocycles. The van der Waals surface area contributed by atoms with Crippen LogP contribution in [-0.4, -0.2) is 23.4 Å². The number of esters is 1. The summed E-state index contributed by atoms with van der Waals surface area (Å²) in [6.45, 7) is -0.517. The van der Waals surface area contributed by atoms with Gasteiger partial charge >= 0.3 is 5.97 Å². The Morgan fingerprint density at radius 1 is 1.32 bits per heavy atom. The van der Waals surface area contributed by atoms with E-state index in [0.717, 1.165) is 6.08 Å². The summed E-state index contributed by atoms with van der Waals surface area (Å²) in [4.78, 5) is 33.6. The zero-order chi connectivity index (χ0) is 18.4. The third-order valence-electron chi connectivity index (χ3n) is 2.77. The fourth-order valence-corrected chi connectivity index (χ4v) is 3.04. The molecule has 10 heteroatoms. The van der Waals surface area contributed by atoms with Crippen molar-refractivity contribution in [3.05, 3.63) is 61.4 Å². The van der Waals surface area contributed by atoms with Crippen molar-refractivity contribution in [3.63, 3.8) is 0 Å². The molecule has 0 fully saturated rings. The number of benzene rings is 1. The zero-order valence-electron chi connectivity index (χ0n) is 12.4. The Morgan fingerprint density at radius 2 is 2.00 bits per heavy atom. The second-order valence-electron chi connectivity index (χ2n) is 4.55. The van der Waals surface area contributed by atoms with Gasteiger partial charge in [-0.2, -0.15) is 0 Å². The molecule has 0 unspecified atom stereocenters. The number of furan rings is 1. The lowest BCUT2D eigenvalue weighted by Crippen LogP contribution is -2.20. The van der Waals surface area contributed by atoms with Gasteiger partial charge in [-0.25, -0.2) is 4.79 Å². The molecule has 0 spiro atoms. The number of carbonyl (C=O) groups excluding carboxylic acids is 2. The number of nitrogens with zero attached hydrogens (tertiary/aromatic N) is 1. The molecule has 25 heavy (non-hydrogen) atoms. The first-order chi connectivity index (χ1) is 11.9. The Labute approximate surface area is 158 Å². The van der Waals surface area contributed by atoms with Crippen LogP contribution in [0, 0.1) is 10.1 Å². The summed E-state index contributed by atoms with van der Waals surface area (Å²) in [5.41, 5.74) is 0.143. The highest BCUT2D eigenvalue weighted by Crippen LogP contribution is 2.35. The SMILES string of the molecule is O=C(COC(=O)/C=C/c1ccco1)Nc1c(Br)cc([N+](=O)[O-])cc1Br. The van der Waals surface area contributed by atoms with Gasteiger partial charge in [-0.1, -0.05) is 0 Å². The van der Waals surface area contributed by atoms with Crippen molar-refractivity contribution in [1.82, 2.24) is 0 Å². The Bertz CT molecular complexity index is 810. The molecule has 1 aromatic heterocycles. The first-order valence-electron chi connectivity index (χ1n) is 6.68. The Balaban J connectivity index is 1.92. The number of halogens is 2. The van der Waals surface area contributed by atoms with E-state index in [9.17, 15) is 19.7 Å². The van der Waals surface area contributed by atoms with Crippen LogP contribution in [0.1, 0.15) is 5.76 Å². The van der Waals surface area contributed by atoms with Gasteiger partial charge in [-0.3, -0.25) is 14.9 Å². The molecular formula is C15H10Br2N2O6. The maximum Gasteiger partial charge on any atom is 0.331 e. The first-order valence-corrected chi connectivity index (χ1v) is 8.27. The summed E-state index contributed by atoms with van der Waals surface area (Å²) < 4.78 is 10.4. The second kappa shape index (κ2) is 8.58. The molecule has 130 valence electrons. The van der Waals surface area contributed by atoms with Gasteiger partial charge in [0.15, 0.2) is 6.61 Å². The molecule has 1 N–H and O–H groups in total. The van der Waals surface area contributed by atoms with Gasteiger partial charge in [0.2, 0.25) is 0 Å². The number of rotatable bonds is 6. The van der Waals surface area contributed by atoms with E-state index in [1.807, 2.05) is 0 Å². The third kappa shape index (κ3) is 5.54. The number of non-ortho nitro benzene ring substituents is 1. The standard InChI is InChI=1S/C15H10Br2N2O6/c16-11-6-9(19(22)23)7-12(17)15(11)18-13(20)8-25-14(21)4-3-10-2-1-5-24-10/h1-7H,8H2,(H,18,20)/b4-3+. The number of hydrogen-bond donors (Lipinski definition) is 1. The van der Waals surface area contributed by atoms with Crippen molar-refractivity contribution < 1.29 is 23.7 Å². The van der Waals surface area contributed by atoms with Crippen LogP contribution in [0.25, 0.3) is 6.08 Å². The number of amides is 1. The summed E-state index contributed by atoms with van der Waals surface area (Å²) in [6.07, 6.45) is 3.99. The van der Waals surface area contributed by atoms with Crippen LogP contribution in [-0.2, 0) is 14.3 Å². The van der Waals surface area contributed by atoms with Crippen molar-refractivity contribution >= 4 is 61.2 Å². The van der Waals surface area contributed by atoms with E-state index in [2.05, 4.69) is 37.2 Å². The van der Waals surface area contributed by atoms with Crippen LogP contribution in [0.15, 0.2) is 50.0 Å². The second-order valence-corrected chi connectivity index (χ2v) is 6.25. The minimum absolute atomic E-state index is 0.147. The van der Waals surface area contributed by atoms with E-state index in [-0.39, 0.29) is 11.4 Å². The normalized spacial score (nSPS) is 10.6. The minimum atomic E-state index is -0.714. The maximum atomic E-state index is 11.9. The minimum Gasteiger partial charge on any atom is -0.465 e. The molecular weight excluding hydrogens is 464 g/mol. The average molecular weight is 474 g/mol. The Morgan fingerprint density at radius 3 is 2.56 bits per heavy atom. The molecule has 2 rings (SSSR count). The van der Waals surface area contributed by atoms with Crippen molar-refractivity contribution in [2.45, 2.75) is 0 Å². The summed E-state index contributed by atoms with van der Waals surface area (Å²) in [6, 6.07) is 5.81. The van der Waals surface area contributed by atoms with E-state index >= 15 is 0 Å². The number of ether oxygens (including phenoxy) is 1. The molecule has 0 aliphatic rings. The molecule has 2 aromatic rings. The number of nitro benzene ring substituents is 1. The number of nitrogens with one attached hydrogen (secondary N) is 1. The monoisotopic (exact) mass is 472 g/mol. The molecule has 1 aromatic carbocycles. The lowest BCUT2D eigenvalue weighted by molar-refractivity contribution is -0.385. The highest BCUT2D eigenvalue weighted by atomic mass is 79.9. The summed E-state index contributed by atoms with van der Waals surface area (Å²) in [5.74, 6) is -0.844. The van der Waals surface area contributed by atoms with Crippen LogP contribution >= 0.6 is 31.9 Å². The van der Waals surface area contributed by atoms with Gasteiger partial charge in [0.1, 0.15) is 5.76 Å². The van der Waals surface area contributed by atoms with Gasteiger partial charge in [0.05, 0.1) is 16.9 Å². The summed E-state index contributed by atoms with van der Waals surface area (Å²) in [5, 5.41) is 13.3. The largest absolute Gasteiger partial charge is 0.465 e. The van der Waals surface area contributed by atoms with E-state index in [1.54, 1.807) is 12.1 Å². The van der Waals surface area contributed by atoms with E-state index in [0.29, 0.717) is 14.7 Å². The summed E-state index contributed by atoms with van der Waals surface area (Å²) >= 11 is 6.29. The summed E-state index contributed by atoms with van der Waals surface area (Å²) in [7, 11) is 0. The maximum absolute atomic E-state index is 11.9. The van der Waals surface area contributed by atoms with Gasteiger partial charge in [0.25, 0.3) is 11.6 Å². The van der Waals surface area contributed by atoms with E-state index < -0.39 is 23.4 Å². The predicted octanol–water partition coefficient (Wildman–Crippen LogP) is 3.91. The lowest BCUT2D eigenvalue weighted by Gasteiger charge is -2.09. The number of anilines is 1. The van der Waals surface area contributed by atoms with Crippen LogP contribution in [0.2, 0.25) is 0 Å². The number of nitro groups is 1. The van der Waals surface area contributed by atoms with E-state index in [4.69, 9.17) is 9.15 Å². The molecule has 1 heterocycles. The lowest BCUT2D eigenvalue weighted by atomic mass is 10.3. The Hall–Kier alpha value is -2.46. The molecule has 0 atom stereocenters. The highest BCUT2D eigenvalue weighted by Gasteiger charge is 2.16. The molecule has 0 radical (unpaired) electrons. The smallest absolute Gasteiger partial charge is 0.331 e. The molecule has 0 saturated carbocycles. The van der Waals surface area contributed by atoms with E-state index in [1.165, 1.54) is 24.5 Å². The van der Waals surface area contributed by atoms with Crippen molar-refractivity contribution in [2.75, 3.05) is 11.9 Å². The number of carbonyl (C=O) groups is 2. The van der Waals surface area contributed by atoms with Gasteiger partial charge in [-0.05, 0) is 50.1 Å². The van der Waals surface area contributed by atoms with Crippen molar-refractivity contribution in [2.24, 2.45) is 0 Å². The molecule has 0 aliphatic heterocycles. The fourth-order valence-electron chi connectivity index (χ4n) is 1.68. The Kier molecular flexibility index (Phi) is 6.48. The van der Waals surface area contributed by atoms with Crippen LogP contribution in [0.5, 0.6) is 0 Å². The van der Waals surface area contributed by atoms with Crippen molar-refractivity contribution in [3.8, 4) is 0 Å². The predicted molar refractivity (Wildman–Crippen MR) is 95.8 cm³/mol. The van der Waals surface area contributed by atoms with Gasteiger partial charge < -0.3 is 14.5 Å². The van der Waals surface area contributed by atoms with Crippen LogP contribution in [0.3, 0.4) is 0 Å². The van der Waals surface area contributed by atoms with Gasteiger partial charge in [-0.15, -0.1) is 0 Å². The molecule has 1 amide bonds. The quantitative estimate of drug-likeness (QED) is 0.294. The average Bonchev–Trinajstić information content (AvgIpc) is 3.07. The molecule has 0 bridgehead atoms. The molecule has 0 saturated heterocycles. The molecule has 8 nitrogen and oxygen atoms in total. The number of hydrogen-bond acceptors (Lipinski definition) is 6. The third-order valence-corrected chi connectivity index (χ3v) is 4.03.